The molecule has 0 atom stereocenters. The summed E-state index contributed by atoms with van der Waals surface area (Å²) >= 11 is 0. The van der Waals surface area contributed by atoms with Gasteiger partial charge in [-0.05, 0) is 14.1 Å². The van der Waals surface area contributed by atoms with Crippen molar-refractivity contribution in [2.24, 2.45) is 5.10 Å². The van der Waals surface area contributed by atoms with Crippen LogP contribution in [0.1, 0.15) is 19.3 Å². The second-order valence-electron chi connectivity index (χ2n) is 5.82. The topological polar surface area (TPSA) is 85.3 Å². The molecule has 1 N–H and O–H groups in total. The first kappa shape index (κ1) is 16.4. The maximum Gasteiger partial charge on any atom is 0.270 e. The van der Waals surface area contributed by atoms with E-state index in [0.29, 0.717) is 51.2 Å². The van der Waals surface area contributed by atoms with Crippen molar-refractivity contribution < 1.29 is 14.4 Å². The number of amides is 3. The molecule has 0 aromatic rings. The zero-order valence-electron chi connectivity index (χ0n) is 13.2. The molecule has 2 aliphatic heterocycles. The molecule has 1 saturated heterocycles. The molecule has 0 aromatic heterocycles. The molecule has 0 unspecified atom stereocenters. The number of hydrogen-bond donors (Lipinski definition) is 1. The average Bonchev–Trinajstić information content (AvgIpc) is 2.53. The van der Waals surface area contributed by atoms with Crippen LogP contribution < -0.4 is 5.43 Å². The summed E-state index contributed by atoms with van der Waals surface area (Å²) in [4.78, 5) is 40.9. The SMILES string of the molecule is CN(C)CCC(=O)N1CCN(C(=O)C2=NNC(=O)CC2)CC1. The molecule has 8 nitrogen and oxygen atoms in total. The van der Waals surface area contributed by atoms with E-state index in [-0.39, 0.29) is 17.7 Å². The molecule has 0 aromatic carbocycles. The monoisotopic (exact) mass is 309 g/mol. The number of hydrazone groups is 1. The number of rotatable bonds is 4. The molecule has 122 valence electrons. The van der Waals surface area contributed by atoms with E-state index in [4.69, 9.17) is 0 Å². The minimum atomic E-state index is -0.159. The van der Waals surface area contributed by atoms with Crippen molar-refractivity contribution in [2.45, 2.75) is 19.3 Å². The van der Waals surface area contributed by atoms with E-state index in [9.17, 15) is 14.4 Å². The summed E-state index contributed by atoms with van der Waals surface area (Å²) in [6.45, 7) is 2.86. The smallest absolute Gasteiger partial charge is 0.270 e. The normalized spacial score (nSPS) is 19.0. The van der Waals surface area contributed by atoms with Crippen molar-refractivity contribution in [3.63, 3.8) is 0 Å². The van der Waals surface area contributed by atoms with Gasteiger partial charge in [-0.1, -0.05) is 0 Å². The molecular weight excluding hydrogens is 286 g/mol. The maximum absolute atomic E-state index is 12.3. The Morgan fingerprint density at radius 1 is 1.14 bits per heavy atom. The first-order chi connectivity index (χ1) is 10.5. The fourth-order valence-corrected chi connectivity index (χ4v) is 2.45. The zero-order chi connectivity index (χ0) is 16.1. The van der Waals surface area contributed by atoms with Gasteiger partial charge in [0.1, 0.15) is 5.71 Å². The number of piperazine rings is 1. The lowest BCUT2D eigenvalue weighted by Gasteiger charge is -2.35. The van der Waals surface area contributed by atoms with Crippen molar-refractivity contribution in [1.29, 1.82) is 0 Å². The molecule has 0 radical (unpaired) electrons. The largest absolute Gasteiger partial charge is 0.339 e. The number of nitrogens with one attached hydrogen (secondary N) is 1. The van der Waals surface area contributed by atoms with E-state index in [1.165, 1.54) is 0 Å². The number of carbonyl (C=O) groups is 3. The minimum Gasteiger partial charge on any atom is -0.339 e. The van der Waals surface area contributed by atoms with E-state index < -0.39 is 0 Å². The van der Waals surface area contributed by atoms with Gasteiger partial charge in [0.25, 0.3) is 5.91 Å². The van der Waals surface area contributed by atoms with Crippen LogP contribution in [0, 0.1) is 0 Å². The Labute approximate surface area is 130 Å². The Morgan fingerprint density at radius 2 is 1.77 bits per heavy atom. The average molecular weight is 309 g/mol. The van der Waals surface area contributed by atoms with Crippen LogP contribution in [0.3, 0.4) is 0 Å². The van der Waals surface area contributed by atoms with Crippen LogP contribution in [-0.2, 0) is 14.4 Å². The highest BCUT2D eigenvalue weighted by molar-refractivity contribution is 6.39. The van der Waals surface area contributed by atoms with Crippen molar-refractivity contribution in [3.05, 3.63) is 0 Å². The molecule has 0 saturated carbocycles. The second kappa shape index (κ2) is 7.35. The highest BCUT2D eigenvalue weighted by atomic mass is 16.2. The molecule has 1 fully saturated rings. The van der Waals surface area contributed by atoms with E-state index in [1.54, 1.807) is 9.80 Å². The van der Waals surface area contributed by atoms with Crippen molar-refractivity contribution >= 4 is 23.4 Å². The van der Waals surface area contributed by atoms with Gasteiger partial charge in [-0.2, -0.15) is 5.10 Å². The third-order valence-electron chi connectivity index (χ3n) is 3.84. The minimum absolute atomic E-state index is 0.128. The van der Waals surface area contributed by atoms with Crippen LogP contribution in [0.25, 0.3) is 0 Å². The summed E-state index contributed by atoms with van der Waals surface area (Å²) in [6, 6.07) is 0. The number of nitrogens with zero attached hydrogens (tertiary/aromatic N) is 4. The molecule has 0 spiro atoms. The third kappa shape index (κ3) is 4.27. The predicted octanol–water partition coefficient (Wildman–Crippen LogP) is -1.13. The summed E-state index contributed by atoms with van der Waals surface area (Å²) in [5, 5.41) is 3.83. The van der Waals surface area contributed by atoms with Gasteiger partial charge in [0, 0.05) is 52.0 Å². The highest BCUT2D eigenvalue weighted by Gasteiger charge is 2.28. The quantitative estimate of drug-likeness (QED) is 0.712. The lowest BCUT2D eigenvalue weighted by molar-refractivity contribution is -0.136. The van der Waals surface area contributed by atoms with Crippen LogP contribution in [0.4, 0.5) is 0 Å². The lowest BCUT2D eigenvalue weighted by Crippen LogP contribution is -2.53. The molecule has 2 heterocycles. The standard InChI is InChI=1S/C14H23N5O3/c1-17(2)6-5-13(21)18-7-9-19(10-8-18)14(22)11-3-4-12(20)16-15-11/h3-10H2,1-2H3,(H,16,20). The van der Waals surface area contributed by atoms with Gasteiger partial charge in [-0.25, -0.2) is 5.43 Å². The Morgan fingerprint density at radius 3 is 2.32 bits per heavy atom. The van der Waals surface area contributed by atoms with Gasteiger partial charge in [0.2, 0.25) is 11.8 Å². The summed E-state index contributed by atoms with van der Waals surface area (Å²) in [6.07, 6.45) is 1.18. The van der Waals surface area contributed by atoms with Crippen LogP contribution >= 0.6 is 0 Å². The fourth-order valence-electron chi connectivity index (χ4n) is 2.45. The molecule has 2 rings (SSSR count). The van der Waals surface area contributed by atoms with E-state index >= 15 is 0 Å². The Bertz CT molecular complexity index is 481. The van der Waals surface area contributed by atoms with E-state index in [2.05, 4.69) is 10.5 Å². The number of hydrogen-bond acceptors (Lipinski definition) is 5. The zero-order valence-corrected chi connectivity index (χ0v) is 13.2. The molecule has 8 heteroatoms. The van der Waals surface area contributed by atoms with Crippen LogP contribution in [0.2, 0.25) is 0 Å². The van der Waals surface area contributed by atoms with Gasteiger partial charge in [0.15, 0.2) is 0 Å². The molecule has 3 amide bonds. The summed E-state index contributed by atoms with van der Waals surface area (Å²) in [5.74, 6) is -0.170. The van der Waals surface area contributed by atoms with Crippen LogP contribution in [0.5, 0.6) is 0 Å². The predicted molar refractivity (Wildman–Crippen MR) is 81.1 cm³/mol. The fraction of sp³-hybridized carbons (Fsp3) is 0.714. The molecule has 0 aliphatic carbocycles. The van der Waals surface area contributed by atoms with Gasteiger partial charge >= 0.3 is 0 Å². The van der Waals surface area contributed by atoms with Gasteiger partial charge in [0.05, 0.1) is 0 Å². The lowest BCUT2D eigenvalue weighted by atomic mass is 10.1. The first-order valence-corrected chi connectivity index (χ1v) is 7.54. The third-order valence-corrected chi connectivity index (χ3v) is 3.84. The Hall–Kier alpha value is -1.96. The van der Waals surface area contributed by atoms with Crippen molar-refractivity contribution in [3.8, 4) is 0 Å². The van der Waals surface area contributed by atoms with E-state index in [1.807, 2.05) is 19.0 Å². The molecule has 2 aliphatic rings. The second-order valence-corrected chi connectivity index (χ2v) is 5.82. The summed E-state index contributed by atoms with van der Waals surface area (Å²) < 4.78 is 0. The molecule has 22 heavy (non-hydrogen) atoms. The van der Waals surface area contributed by atoms with Gasteiger partial charge < -0.3 is 14.7 Å². The maximum atomic E-state index is 12.3. The highest BCUT2D eigenvalue weighted by Crippen LogP contribution is 2.08. The molecule has 0 bridgehead atoms. The molecular formula is C14H23N5O3. The van der Waals surface area contributed by atoms with Crippen LogP contribution in [0.15, 0.2) is 5.10 Å². The summed E-state index contributed by atoms with van der Waals surface area (Å²) in [7, 11) is 3.88. The van der Waals surface area contributed by atoms with Crippen LogP contribution in [-0.4, -0.2) is 85.0 Å². The Balaban J connectivity index is 1.80. The Kier molecular flexibility index (Phi) is 5.48. The first-order valence-electron chi connectivity index (χ1n) is 7.54. The summed E-state index contributed by atoms with van der Waals surface area (Å²) in [5.41, 5.74) is 2.73. The van der Waals surface area contributed by atoms with Crippen molar-refractivity contribution in [1.82, 2.24) is 20.1 Å². The van der Waals surface area contributed by atoms with Gasteiger partial charge in [-0.15, -0.1) is 0 Å². The van der Waals surface area contributed by atoms with E-state index in [0.717, 1.165) is 6.54 Å². The van der Waals surface area contributed by atoms with Crippen molar-refractivity contribution in [2.75, 3.05) is 46.8 Å². The van der Waals surface area contributed by atoms with Gasteiger partial charge in [-0.3, -0.25) is 14.4 Å². The number of carbonyl (C=O) groups excluding carboxylic acids is 3.